The molecule has 1 atom stereocenters. The van der Waals surface area contributed by atoms with Crippen molar-refractivity contribution in [2.45, 2.75) is 13.0 Å². The number of aliphatic hydroxyl groups is 1. The van der Waals surface area contributed by atoms with E-state index < -0.39 is 23.5 Å². The number of aliphatic hydroxyl groups excluding tert-OH is 1. The number of benzene rings is 2. The summed E-state index contributed by atoms with van der Waals surface area (Å²) in [7, 11) is 0. The number of rotatable bonds is 3. The Morgan fingerprint density at radius 3 is 2.34 bits per heavy atom. The molecule has 1 aliphatic heterocycles. The molecule has 1 aliphatic rings. The van der Waals surface area contributed by atoms with Gasteiger partial charge in [-0.05, 0) is 36.2 Å². The van der Waals surface area contributed by atoms with E-state index in [9.17, 15) is 19.1 Å². The zero-order valence-electron chi connectivity index (χ0n) is 15.5. The van der Waals surface area contributed by atoms with E-state index in [0.29, 0.717) is 22.5 Å². The van der Waals surface area contributed by atoms with Crippen LogP contribution in [0.1, 0.15) is 22.7 Å². The van der Waals surface area contributed by atoms with Gasteiger partial charge in [-0.1, -0.05) is 48.5 Å². The summed E-state index contributed by atoms with van der Waals surface area (Å²) >= 11 is 0. The van der Waals surface area contributed by atoms with Crippen LogP contribution in [0.5, 0.6) is 0 Å². The van der Waals surface area contributed by atoms with Gasteiger partial charge in [-0.3, -0.25) is 14.5 Å². The van der Waals surface area contributed by atoms with E-state index in [2.05, 4.69) is 4.98 Å². The lowest BCUT2D eigenvalue weighted by Crippen LogP contribution is -2.30. The molecular formula is C23H17FN2O3. The Hall–Kier alpha value is -3.80. The first-order valence-corrected chi connectivity index (χ1v) is 9.02. The van der Waals surface area contributed by atoms with Crippen molar-refractivity contribution in [1.29, 1.82) is 0 Å². The maximum absolute atomic E-state index is 13.5. The van der Waals surface area contributed by atoms with E-state index in [4.69, 9.17) is 0 Å². The van der Waals surface area contributed by atoms with Crippen LogP contribution in [0.3, 0.4) is 0 Å². The van der Waals surface area contributed by atoms with Crippen LogP contribution in [-0.4, -0.2) is 21.8 Å². The number of Topliss-reactive ketones (excluding diaryl/α,β-unsaturated/α-hetero) is 1. The highest BCUT2D eigenvalue weighted by atomic mass is 19.1. The number of hydrogen-bond acceptors (Lipinski definition) is 4. The molecule has 1 N–H and O–H groups in total. The van der Waals surface area contributed by atoms with Crippen LogP contribution in [0.4, 0.5) is 10.2 Å². The van der Waals surface area contributed by atoms with Gasteiger partial charge in [0.1, 0.15) is 17.4 Å². The molecule has 6 heteroatoms. The normalized spacial score (nSPS) is 18.3. The van der Waals surface area contributed by atoms with Crippen molar-refractivity contribution in [3.8, 4) is 0 Å². The number of hydrogen-bond donors (Lipinski definition) is 1. The lowest BCUT2D eigenvalue weighted by molar-refractivity contribution is -0.132. The molecule has 144 valence electrons. The second-order valence-corrected chi connectivity index (χ2v) is 6.73. The number of amides is 1. The summed E-state index contributed by atoms with van der Waals surface area (Å²) in [5.74, 6) is -2.02. The summed E-state index contributed by atoms with van der Waals surface area (Å²) in [6.07, 6.45) is 1.53. The van der Waals surface area contributed by atoms with Gasteiger partial charge in [0, 0.05) is 11.8 Å². The smallest absolute Gasteiger partial charge is 0.301 e. The molecule has 0 spiro atoms. The van der Waals surface area contributed by atoms with Crippen molar-refractivity contribution in [2.24, 2.45) is 0 Å². The molecule has 1 aromatic heterocycles. The fourth-order valence-corrected chi connectivity index (χ4v) is 3.49. The van der Waals surface area contributed by atoms with Gasteiger partial charge in [-0.2, -0.15) is 0 Å². The third kappa shape index (κ3) is 3.18. The fraction of sp³-hybridized carbons (Fsp3) is 0.0870. The molecule has 1 unspecified atom stereocenters. The second kappa shape index (κ2) is 7.31. The third-order valence-corrected chi connectivity index (χ3v) is 4.89. The molecule has 0 radical (unpaired) electrons. The summed E-state index contributed by atoms with van der Waals surface area (Å²) in [6, 6.07) is 16.6. The summed E-state index contributed by atoms with van der Waals surface area (Å²) < 4.78 is 13.5. The van der Waals surface area contributed by atoms with E-state index in [1.165, 1.54) is 35.4 Å². The number of carbonyl (C=O) groups is 2. The Morgan fingerprint density at radius 2 is 1.69 bits per heavy atom. The Balaban J connectivity index is 1.97. The zero-order valence-corrected chi connectivity index (χ0v) is 15.5. The van der Waals surface area contributed by atoms with Crippen molar-refractivity contribution < 1.29 is 19.1 Å². The van der Waals surface area contributed by atoms with E-state index in [1.807, 2.05) is 0 Å². The number of halogens is 1. The average Bonchev–Trinajstić information content (AvgIpc) is 3.00. The van der Waals surface area contributed by atoms with Crippen LogP contribution in [0.2, 0.25) is 0 Å². The molecule has 1 fully saturated rings. The molecule has 3 aromatic rings. The summed E-state index contributed by atoms with van der Waals surface area (Å²) in [4.78, 5) is 31.5. The van der Waals surface area contributed by atoms with Gasteiger partial charge in [-0.25, -0.2) is 9.37 Å². The van der Waals surface area contributed by atoms with Gasteiger partial charge in [0.2, 0.25) is 0 Å². The number of aryl methyl sites for hydroxylation is 1. The Labute approximate surface area is 166 Å². The minimum absolute atomic E-state index is 0.0575. The molecule has 0 aliphatic carbocycles. The standard InChI is InChI=1S/C23H17FN2O3/c1-14-6-5-13-25-22(14)26-19(15-9-11-17(24)12-10-15)18(21(28)23(26)29)20(27)16-7-3-2-4-8-16/h2-13,19,27H,1H3. The maximum Gasteiger partial charge on any atom is 0.301 e. The van der Waals surface area contributed by atoms with Crippen LogP contribution in [-0.2, 0) is 9.59 Å². The van der Waals surface area contributed by atoms with Crippen molar-refractivity contribution in [2.75, 3.05) is 4.90 Å². The minimum Gasteiger partial charge on any atom is -0.507 e. The van der Waals surface area contributed by atoms with E-state index in [1.54, 1.807) is 49.4 Å². The molecule has 1 saturated heterocycles. The predicted molar refractivity (Wildman–Crippen MR) is 107 cm³/mol. The third-order valence-electron chi connectivity index (χ3n) is 4.89. The van der Waals surface area contributed by atoms with Gasteiger partial charge in [0.25, 0.3) is 5.78 Å². The van der Waals surface area contributed by atoms with E-state index in [-0.39, 0.29) is 11.3 Å². The average molecular weight is 388 g/mol. The van der Waals surface area contributed by atoms with E-state index in [0.717, 1.165) is 0 Å². The molecule has 4 rings (SSSR count). The Bertz CT molecular complexity index is 1120. The van der Waals surface area contributed by atoms with Crippen LogP contribution in [0.15, 0.2) is 78.5 Å². The number of ketones is 1. The lowest BCUT2D eigenvalue weighted by Gasteiger charge is -2.25. The van der Waals surface area contributed by atoms with Crippen molar-refractivity contribution in [1.82, 2.24) is 4.98 Å². The van der Waals surface area contributed by atoms with Crippen LogP contribution in [0, 0.1) is 12.7 Å². The fourth-order valence-electron chi connectivity index (χ4n) is 3.49. The Morgan fingerprint density at radius 1 is 1.00 bits per heavy atom. The predicted octanol–water partition coefficient (Wildman–Crippen LogP) is 4.16. The first kappa shape index (κ1) is 18.6. The van der Waals surface area contributed by atoms with Crippen molar-refractivity contribution in [3.05, 3.63) is 101 Å². The second-order valence-electron chi connectivity index (χ2n) is 6.73. The van der Waals surface area contributed by atoms with Crippen LogP contribution >= 0.6 is 0 Å². The monoisotopic (exact) mass is 388 g/mol. The van der Waals surface area contributed by atoms with Crippen molar-refractivity contribution in [3.63, 3.8) is 0 Å². The summed E-state index contributed by atoms with van der Waals surface area (Å²) in [5.41, 5.74) is 1.54. The van der Waals surface area contributed by atoms with E-state index >= 15 is 0 Å². The summed E-state index contributed by atoms with van der Waals surface area (Å²) in [6.45, 7) is 1.78. The molecule has 1 amide bonds. The van der Waals surface area contributed by atoms with Gasteiger partial charge >= 0.3 is 5.91 Å². The molecule has 0 saturated carbocycles. The zero-order chi connectivity index (χ0) is 20.5. The van der Waals surface area contributed by atoms with Gasteiger partial charge in [0.05, 0.1) is 11.6 Å². The highest BCUT2D eigenvalue weighted by molar-refractivity contribution is 6.51. The molecule has 2 heterocycles. The van der Waals surface area contributed by atoms with Gasteiger partial charge < -0.3 is 5.11 Å². The molecule has 2 aromatic carbocycles. The SMILES string of the molecule is Cc1cccnc1N1C(=O)C(=O)C(=C(O)c2ccccc2)C1c1ccc(F)cc1. The van der Waals surface area contributed by atoms with Crippen LogP contribution < -0.4 is 4.90 Å². The number of carbonyl (C=O) groups excluding carboxylic acids is 2. The molecule has 29 heavy (non-hydrogen) atoms. The lowest BCUT2D eigenvalue weighted by atomic mass is 9.95. The molecule has 0 bridgehead atoms. The highest BCUT2D eigenvalue weighted by Gasteiger charge is 2.47. The largest absolute Gasteiger partial charge is 0.507 e. The van der Waals surface area contributed by atoms with Crippen LogP contribution in [0.25, 0.3) is 5.76 Å². The summed E-state index contributed by atoms with van der Waals surface area (Å²) in [5, 5.41) is 10.9. The van der Waals surface area contributed by atoms with Gasteiger partial charge in [0.15, 0.2) is 0 Å². The Kier molecular flexibility index (Phi) is 4.68. The minimum atomic E-state index is -0.926. The number of aromatic nitrogens is 1. The maximum atomic E-state index is 13.5. The first-order chi connectivity index (χ1) is 14.0. The molecule has 5 nitrogen and oxygen atoms in total. The topological polar surface area (TPSA) is 70.5 Å². The number of pyridine rings is 1. The quantitative estimate of drug-likeness (QED) is 0.416. The number of nitrogens with zero attached hydrogens (tertiary/aromatic N) is 2. The highest BCUT2D eigenvalue weighted by Crippen LogP contribution is 2.42. The van der Waals surface area contributed by atoms with Gasteiger partial charge in [-0.15, -0.1) is 0 Å². The van der Waals surface area contributed by atoms with Crippen molar-refractivity contribution >= 4 is 23.3 Å². The first-order valence-electron chi connectivity index (χ1n) is 9.02. The number of anilines is 1. The molecular weight excluding hydrogens is 371 g/mol.